The minimum Gasteiger partial charge on any atom is -0.360 e. The minimum absolute atomic E-state index is 0.136. The van der Waals surface area contributed by atoms with Gasteiger partial charge >= 0.3 is 0 Å². The Morgan fingerprint density at radius 3 is 2.55 bits per heavy atom. The van der Waals surface area contributed by atoms with E-state index in [2.05, 4.69) is 10.5 Å². The van der Waals surface area contributed by atoms with Crippen LogP contribution in [0.2, 0.25) is 0 Å². The second-order valence-corrected chi connectivity index (χ2v) is 6.50. The van der Waals surface area contributed by atoms with Crippen molar-refractivity contribution < 1.29 is 14.1 Å². The molecule has 0 spiro atoms. The number of hydrogen-bond donors (Lipinski definition) is 1. The van der Waals surface area contributed by atoms with Crippen molar-refractivity contribution in [1.29, 1.82) is 0 Å². The van der Waals surface area contributed by atoms with Crippen molar-refractivity contribution in [3.8, 4) is 0 Å². The number of carbonyl (C=O) groups excluding carboxylic acids is 2. The molecule has 22 heavy (non-hydrogen) atoms. The Morgan fingerprint density at radius 2 is 1.91 bits per heavy atom. The summed E-state index contributed by atoms with van der Waals surface area (Å²) in [4.78, 5) is 25.8. The van der Waals surface area contributed by atoms with Crippen LogP contribution >= 0.6 is 11.8 Å². The maximum atomic E-state index is 12.2. The Labute approximate surface area is 135 Å². The minimum atomic E-state index is -0.168. The fraction of sp³-hybridized carbons (Fsp3) is 0.667. The molecule has 1 N–H and O–H groups in total. The molecule has 0 atom stereocenters. The van der Waals surface area contributed by atoms with Gasteiger partial charge in [-0.2, -0.15) is 0 Å². The van der Waals surface area contributed by atoms with Gasteiger partial charge < -0.3 is 14.7 Å². The number of anilines is 1. The van der Waals surface area contributed by atoms with Gasteiger partial charge in [0.2, 0.25) is 11.8 Å². The lowest BCUT2D eigenvalue weighted by Gasteiger charge is -2.24. The summed E-state index contributed by atoms with van der Waals surface area (Å²) in [5.41, 5.74) is 0. The van der Waals surface area contributed by atoms with Gasteiger partial charge in [0.05, 0.1) is 11.5 Å². The first-order valence-electron chi connectivity index (χ1n) is 7.74. The van der Waals surface area contributed by atoms with Crippen LogP contribution in [0, 0.1) is 6.92 Å². The molecule has 1 fully saturated rings. The molecule has 0 bridgehead atoms. The second-order valence-electron chi connectivity index (χ2n) is 5.51. The van der Waals surface area contributed by atoms with Crippen molar-refractivity contribution in [3.05, 3.63) is 11.8 Å². The van der Waals surface area contributed by atoms with Gasteiger partial charge in [-0.3, -0.25) is 9.59 Å². The van der Waals surface area contributed by atoms with Gasteiger partial charge in [0.15, 0.2) is 5.82 Å². The summed E-state index contributed by atoms with van der Waals surface area (Å²) in [5, 5.41) is 6.35. The van der Waals surface area contributed by atoms with E-state index in [1.54, 1.807) is 13.0 Å². The third kappa shape index (κ3) is 5.71. The third-order valence-electron chi connectivity index (χ3n) is 3.56. The Morgan fingerprint density at radius 1 is 1.23 bits per heavy atom. The van der Waals surface area contributed by atoms with Crippen molar-refractivity contribution in [2.45, 2.75) is 39.0 Å². The molecule has 1 aliphatic heterocycles. The SMILES string of the molecule is Cc1cc(NC(=O)CSCC(=O)N2CCCCCCC2)no1. The average molecular weight is 325 g/mol. The Balaban J connectivity index is 1.66. The van der Waals surface area contributed by atoms with Crippen LogP contribution in [0.1, 0.15) is 37.9 Å². The standard InChI is InChI=1S/C15H23N3O3S/c1-12-9-13(17-21-12)16-14(19)10-22-11-15(20)18-7-5-3-2-4-6-8-18/h9H,2-8,10-11H2,1H3,(H,16,17,19). The van der Waals surface area contributed by atoms with Crippen LogP contribution in [-0.4, -0.2) is 46.5 Å². The molecular formula is C15H23N3O3S. The van der Waals surface area contributed by atoms with E-state index in [9.17, 15) is 9.59 Å². The van der Waals surface area contributed by atoms with Gasteiger partial charge in [0.1, 0.15) is 5.76 Å². The molecule has 0 aromatic carbocycles. The van der Waals surface area contributed by atoms with Crippen molar-refractivity contribution in [1.82, 2.24) is 10.1 Å². The highest BCUT2D eigenvalue weighted by Crippen LogP contribution is 2.13. The van der Waals surface area contributed by atoms with Crippen molar-refractivity contribution in [2.75, 3.05) is 29.9 Å². The van der Waals surface area contributed by atoms with Gasteiger partial charge in [-0.15, -0.1) is 11.8 Å². The van der Waals surface area contributed by atoms with Crippen LogP contribution in [0.4, 0.5) is 5.82 Å². The Hall–Kier alpha value is -1.50. The fourth-order valence-electron chi connectivity index (χ4n) is 2.42. The second kappa shape index (κ2) is 8.82. The van der Waals surface area contributed by atoms with E-state index in [-0.39, 0.29) is 17.6 Å². The zero-order valence-corrected chi connectivity index (χ0v) is 13.8. The third-order valence-corrected chi connectivity index (χ3v) is 4.48. The number of aromatic nitrogens is 1. The van der Waals surface area contributed by atoms with Crippen LogP contribution in [0.25, 0.3) is 0 Å². The molecule has 2 amide bonds. The molecule has 7 heteroatoms. The van der Waals surface area contributed by atoms with Gasteiger partial charge in [-0.05, 0) is 19.8 Å². The van der Waals surface area contributed by atoms with Crippen LogP contribution in [0.3, 0.4) is 0 Å². The van der Waals surface area contributed by atoms with Crippen molar-refractivity contribution in [2.24, 2.45) is 0 Å². The van der Waals surface area contributed by atoms with Crippen LogP contribution < -0.4 is 5.32 Å². The largest absolute Gasteiger partial charge is 0.360 e. The van der Waals surface area contributed by atoms with E-state index < -0.39 is 0 Å². The number of carbonyl (C=O) groups is 2. The number of thioether (sulfide) groups is 1. The average Bonchev–Trinajstić information content (AvgIpc) is 2.83. The number of amides is 2. The van der Waals surface area contributed by atoms with E-state index in [0.717, 1.165) is 25.9 Å². The molecule has 0 radical (unpaired) electrons. The van der Waals surface area contributed by atoms with E-state index in [1.807, 2.05) is 4.90 Å². The molecule has 0 saturated carbocycles. The predicted octanol–water partition coefficient (Wildman–Crippen LogP) is 2.45. The van der Waals surface area contributed by atoms with Gasteiger partial charge in [-0.1, -0.05) is 24.4 Å². The van der Waals surface area contributed by atoms with Crippen LogP contribution in [0.15, 0.2) is 10.6 Å². The molecule has 1 aliphatic rings. The first kappa shape index (κ1) is 16.9. The first-order valence-corrected chi connectivity index (χ1v) is 8.89. The Bertz CT molecular complexity index is 496. The molecule has 1 aromatic rings. The molecule has 0 unspecified atom stereocenters. The number of nitrogens with zero attached hydrogens (tertiary/aromatic N) is 2. The normalized spacial score (nSPS) is 16.0. The first-order chi connectivity index (χ1) is 10.6. The molecule has 2 heterocycles. The number of aryl methyl sites for hydroxylation is 1. The topological polar surface area (TPSA) is 75.4 Å². The van der Waals surface area contributed by atoms with Crippen molar-refractivity contribution >= 4 is 29.4 Å². The van der Waals surface area contributed by atoms with Crippen LogP contribution in [0.5, 0.6) is 0 Å². The summed E-state index contributed by atoms with van der Waals surface area (Å²) in [6.07, 6.45) is 5.86. The van der Waals surface area contributed by atoms with Crippen LogP contribution in [-0.2, 0) is 9.59 Å². The van der Waals surface area contributed by atoms with Gasteiger partial charge in [-0.25, -0.2) is 0 Å². The van der Waals surface area contributed by atoms with E-state index in [1.165, 1.54) is 31.0 Å². The highest BCUT2D eigenvalue weighted by Gasteiger charge is 2.15. The lowest BCUT2D eigenvalue weighted by atomic mass is 10.1. The number of rotatable bonds is 5. The molecule has 122 valence electrons. The summed E-state index contributed by atoms with van der Waals surface area (Å²) >= 11 is 1.34. The summed E-state index contributed by atoms with van der Waals surface area (Å²) in [5.74, 6) is 1.63. The molecule has 1 aromatic heterocycles. The number of hydrogen-bond acceptors (Lipinski definition) is 5. The summed E-state index contributed by atoms with van der Waals surface area (Å²) in [6.45, 7) is 3.47. The smallest absolute Gasteiger partial charge is 0.235 e. The van der Waals surface area contributed by atoms with Gasteiger partial charge in [0.25, 0.3) is 0 Å². The molecule has 2 rings (SSSR count). The maximum absolute atomic E-state index is 12.2. The summed E-state index contributed by atoms with van der Waals surface area (Å²) < 4.78 is 4.88. The fourth-order valence-corrected chi connectivity index (χ4v) is 3.14. The zero-order chi connectivity index (χ0) is 15.8. The zero-order valence-electron chi connectivity index (χ0n) is 13.0. The summed E-state index contributed by atoms with van der Waals surface area (Å²) in [7, 11) is 0. The lowest BCUT2D eigenvalue weighted by molar-refractivity contribution is -0.128. The van der Waals surface area contributed by atoms with E-state index in [4.69, 9.17) is 4.52 Å². The lowest BCUT2D eigenvalue weighted by Crippen LogP contribution is -2.35. The molecule has 0 aliphatic carbocycles. The molecule has 6 nitrogen and oxygen atoms in total. The highest BCUT2D eigenvalue weighted by atomic mass is 32.2. The van der Waals surface area contributed by atoms with E-state index >= 15 is 0 Å². The number of nitrogens with one attached hydrogen (secondary N) is 1. The highest BCUT2D eigenvalue weighted by molar-refractivity contribution is 8.00. The quantitative estimate of drug-likeness (QED) is 0.900. The molecular weight excluding hydrogens is 302 g/mol. The molecule has 1 saturated heterocycles. The van der Waals surface area contributed by atoms with E-state index in [0.29, 0.717) is 17.3 Å². The predicted molar refractivity (Wildman–Crippen MR) is 86.9 cm³/mol. The van der Waals surface area contributed by atoms with Gasteiger partial charge in [0, 0.05) is 19.2 Å². The Kier molecular flexibility index (Phi) is 6.76. The van der Waals surface area contributed by atoms with Crippen molar-refractivity contribution in [3.63, 3.8) is 0 Å². The monoisotopic (exact) mass is 325 g/mol. The number of likely N-dealkylation sites (tertiary alicyclic amines) is 1. The summed E-state index contributed by atoms with van der Waals surface area (Å²) in [6, 6.07) is 1.66. The maximum Gasteiger partial charge on any atom is 0.235 e.